The highest BCUT2D eigenvalue weighted by Gasteiger charge is 2.18. The van der Waals surface area contributed by atoms with Crippen LogP contribution >= 0.6 is 11.6 Å². The quantitative estimate of drug-likeness (QED) is 0.512. The molecule has 128 valence electrons. The van der Waals surface area contributed by atoms with E-state index in [1.165, 1.54) is 0 Å². The van der Waals surface area contributed by atoms with Gasteiger partial charge in [-0.3, -0.25) is 4.79 Å². The molecule has 4 rings (SSSR count). The highest BCUT2D eigenvalue weighted by molar-refractivity contribution is 6.30. The Hall–Kier alpha value is -3.11. The minimum Gasteiger partial charge on any atom is -0.497 e. The standard InChI is InChI=1S/C21H15ClN2O2/c1-26-16-4-2-3-14(11-16)20(25)18-12-24-21-19(18)17(9-10-23-21)13-5-7-15(22)8-6-13/h2-12H,1H3,(H,23,24). The van der Waals surface area contributed by atoms with E-state index in [2.05, 4.69) is 9.97 Å². The third kappa shape index (κ3) is 2.85. The van der Waals surface area contributed by atoms with Crippen LogP contribution in [0.2, 0.25) is 5.02 Å². The first-order valence-electron chi connectivity index (χ1n) is 8.08. The molecule has 2 heterocycles. The molecule has 0 saturated carbocycles. The zero-order valence-corrected chi connectivity index (χ0v) is 14.7. The summed E-state index contributed by atoms with van der Waals surface area (Å²) in [6.07, 6.45) is 3.43. The molecular weight excluding hydrogens is 348 g/mol. The summed E-state index contributed by atoms with van der Waals surface area (Å²) in [5.41, 5.74) is 3.71. The fourth-order valence-corrected chi connectivity index (χ4v) is 3.15. The number of aromatic nitrogens is 2. The van der Waals surface area contributed by atoms with Gasteiger partial charge >= 0.3 is 0 Å². The van der Waals surface area contributed by atoms with Crippen molar-refractivity contribution in [3.63, 3.8) is 0 Å². The summed E-state index contributed by atoms with van der Waals surface area (Å²) in [7, 11) is 1.58. The van der Waals surface area contributed by atoms with Crippen LogP contribution < -0.4 is 4.74 Å². The second kappa shape index (κ2) is 6.65. The van der Waals surface area contributed by atoms with E-state index in [-0.39, 0.29) is 5.78 Å². The molecule has 0 aliphatic rings. The Bertz CT molecular complexity index is 1100. The number of halogens is 1. The smallest absolute Gasteiger partial charge is 0.195 e. The lowest BCUT2D eigenvalue weighted by Crippen LogP contribution is -2.01. The first kappa shape index (κ1) is 16.4. The van der Waals surface area contributed by atoms with Gasteiger partial charge in [0.15, 0.2) is 5.78 Å². The van der Waals surface area contributed by atoms with Gasteiger partial charge in [-0.1, -0.05) is 35.9 Å². The Labute approximate surface area is 155 Å². The number of pyridine rings is 1. The normalized spacial score (nSPS) is 10.8. The van der Waals surface area contributed by atoms with Crippen LogP contribution in [0.1, 0.15) is 15.9 Å². The van der Waals surface area contributed by atoms with Crippen LogP contribution in [-0.4, -0.2) is 22.9 Å². The number of nitrogens with one attached hydrogen (secondary N) is 1. The van der Waals surface area contributed by atoms with Crippen molar-refractivity contribution in [2.75, 3.05) is 7.11 Å². The van der Waals surface area contributed by atoms with Crippen molar-refractivity contribution < 1.29 is 9.53 Å². The van der Waals surface area contributed by atoms with Gasteiger partial charge in [0.05, 0.1) is 12.7 Å². The van der Waals surface area contributed by atoms with Crippen molar-refractivity contribution in [3.8, 4) is 16.9 Å². The van der Waals surface area contributed by atoms with Gasteiger partial charge in [0.2, 0.25) is 0 Å². The fourth-order valence-electron chi connectivity index (χ4n) is 3.03. The van der Waals surface area contributed by atoms with Crippen LogP contribution in [-0.2, 0) is 0 Å². The Morgan fingerprint density at radius 1 is 1.12 bits per heavy atom. The molecule has 0 amide bonds. The van der Waals surface area contributed by atoms with E-state index < -0.39 is 0 Å². The van der Waals surface area contributed by atoms with Gasteiger partial charge in [-0.25, -0.2) is 4.98 Å². The molecule has 0 saturated heterocycles. The van der Waals surface area contributed by atoms with Crippen molar-refractivity contribution in [1.29, 1.82) is 0 Å². The number of ketones is 1. The summed E-state index contributed by atoms with van der Waals surface area (Å²) in [6.45, 7) is 0. The molecule has 4 aromatic rings. The molecule has 0 bridgehead atoms. The van der Waals surface area contributed by atoms with E-state index in [1.54, 1.807) is 37.7 Å². The van der Waals surface area contributed by atoms with Gasteiger partial charge in [-0.2, -0.15) is 0 Å². The van der Waals surface area contributed by atoms with E-state index in [4.69, 9.17) is 16.3 Å². The minimum absolute atomic E-state index is 0.0848. The van der Waals surface area contributed by atoms with E-state index in [0.29, 0.717) is 27.5 Å². The molecule has 26 heavy (non-hydrogen) atoms. The predicted molar refractivity (Wildman–Crippen MR) is 103 cm³/mol. The molecule has 0 aliphatic carbocycles. The molecular formula is C21H15ClN2O2. The predicted octanol–water partition coefficient (Wildman–Crippen LogP) is 5.12. The molecule has 0 radical (unpaired) electrons. The van der Waals surface area contributed by atoms with E-state index in [9.17, 15) is 4.79 Å². The van der Waals surface area contributed by atoms with Crippen LogP contribution in [0.15, 0.2) is 67.0 Å². The zero-order valence-electron chi connectivity index (χ0n) is 14.0. The number of nitrogens with zero attached hydrogens (tertiary/aromatic N) is 1. The van der Waals surface area contributed by atoms with Crippen LogP contribution in [0.3, 0.4) is 0 Å². The third-order valence-corrected chi connectivity index (χ3v) is 4.56. The van der Waals surface area contributed by atoms with Crippen molar-refractivity contribution in [1.82, 2.24) is 9.97 Å². The molecule has 0 spiro atoms. The maximum absolute atomic E-state index is 13.1. The van der Waals surface area contributed by atoms with Crippen LogP contribution in [0.25, 0.3) is 22.2 Å². The first-order valence-corrected chi connectivity index (χ1v) is 8.46. The first-order chi connectivity index (χ1) is 12.7. The lowest BCUT2D eigenvalue weighted by Gasteiger charge is -2.07. The zero-order chi connectivity index (χ0) is 18.1. The summed E-state index contributed by atoms with van der Waals surface area (Å²) in [5, 5.41) is 1.46. The number of hydrogen-bond acceptors (Lipinski definition) is 3. The molecule has 2 aromatic carbocycles. The second-order valence-electron chi connectivity index (χ2n) is 5.85. The van der Waals surface area contributed by atoms with Gasteiger partial charge in [0.1, 0.15) is 11.4 Å². The maximum Gasteiger partial charge on any atom is 0.195 e. The SMILES string of the molecule is COc1cccc(C(=O)c2c[nH]c3nccc(-c4ccc(Cl)cc4)c23)c1. The summed E-state index contributed by atoms with van der Waals surface area (Å²) >= 11 is 6.00. The molecule has 0 aliphatic heterocycles. The number of H-pyrrole nitrogens is 1. The number of fused-ring (bicyclic) bond motifs is 1. The third-order valence-electron chi connectivity index (χ3n) is 4.31. The summed E-state index contributed by atoms with van der Waals surface area (Å²) in [6, 6.07) is 16.6. The monoisotopic (exact) mass is 362 g/mol. The highest BCUT2D eigenvalue weighted by atomic mass is 35.5. The maximum atomic E-state index is 13.1. The summed E-state index contributed by atoms with van der Waals surface area (Å²) in [5.74, 6) is 0.560. The van der Waals surface area contributed by atoms with Crippen molar-refractivity contribution in [2.45, 2.75) is 0 Å². The number of ether oxygens (including phenoxy) is 1. The number of rotatable bonds is 4. The van der Waals surface area contributed by atoms with Crippen LogP contribution in [0.5, 0.6) is 5.75 Å². The number of benzene rings is 2. The Morgan fingerprint density at radius 2 is 1.92 bits per heavy atom. The molecule has 2 aromatic heterocycles. The molecule has 1 N–H and O–H groups in total. The van der Waals surface area contributed by atoms with Crippen molar-refractivity contribution >= 4 is 28.4 Å². The lowest BCUT2D eigenvalue weighted by molar-refractivity contribution is 0.104. The number of methoxy groups -OCH3 is 1. The highest BCUT2D eigenvalue weighted by Crippen LogP contribution is 2.32. The van der Waals surface area contributed by atoms with E-state index >= 15 is 0 Å². The fraction of sp³-hybridized carbons (Fsp3) is 0.0476. The van der Waals surface area contributed by atoms with Gasteiger partial charge < -0.3 is 9.72 Å². The molecule has 4 nitrogen and oxygen atoms in total. The van der Waals surface area contributed by atoms with E-state index in [1.807, 2.05) is 36.4 Å². The number of carbonyl (C=O) groups excluding carboxylic acids is 1. The second-order valence-corrected chi connectivity index (χ2v) is 6.29. The topological polar surface area (TPSA) is 55.0 Å². The Balaban J connectivity index is 1.88. The van der Waals surface area contributed by atoms with Crippen molar-refractivity contribution in [2.24, 2.45) is 0 Å². The Morgan fingerprint density at radius 3 is 2.69 bits per heavy atom. The number of carbonyl (C=O) groups is 1. The molecule has 0 fully saturated rings. The summed E-state index contributed by atoms with van der Waals surface area (Å²) in [4.78, 5) is 20.6. The largest absolute Gasteiger partial charge is 0.497 e. The van der Waals surface area contributed by atoms with E-state index in [0.717, 1.165) is 16.5 Å². The van der Waals surface area contributed by atoms with Crippen LogP contribution in [0.4, 0.5) is 0 Å². The van der Waals surface area contributed by atoms with Gasteiger partial charge in [0.25, 0.3) is 0 Å². The molecule has 5 heteroatoms. The average Bonchev–Trinajstić information content (AvgIpc) is 3.12. The lowest BCUT2D eigenvalue weighted by atomic mass is 9.97. The Kier molecular flexibility index (Phi) is 4.19. The average molecular weight is 363 g/mol. The number of aromatic amines is 1. The molecule has 0 atom stereocenters. The summed E-state index contributed by atoms with van der Waals surface area (Å²) < 4.78 is 5.23. The van der Waals surface area contributed by atoms with Gasteiger partial charge in [-0.15, -0.1) is 0 Å². The minimum atomic E-state index is -0.0848. The van der Waals surface area contributed by atoms with Gasteiger partial charge in [-0.05, 0) is 41.5 Å². The van der Waals surface area contributed by atoms with Crippen molar-refractivity contribution in [3.05, 3.63) is 83.1 Å². The van der Waals surface area contributed by atoms with Gasteiger partial charge in [0, 0.05) is 28.4 Å². The van der Waals surface area contributed by atoms with Crippen LogP contribution in [0, 0.1) is 0 Å². The molecule has 0 unspecified atom stereocenters. The number of hydrogen-bond donors (Lipinski definition) is 1.